The fourth-order valence-electron chi connectivity index (χ4n) is 2.50. The summed E-state index contributed by atoms with van der Waals surface area (Å²) in [6, 6.07) is 1.64. The first kappa shape index (κ1) is 20.6. The summed E-state index contributed by atoms with van der Waals surface area (Å²) in [5.74, 6) is -1.56. The first-order chi connectivity index (χ1) is 12.8. The number of amides is 1. The summed E-state index contributed by atoms with van der Waals surface area (Å²) in [5, 5.41) is 7.10. The first-order valence-corrected chi connectivity index (χ1v) is 9.41. The monoisotopic (exact) mass is 393 g/mol. The lowest BCUT2D eigenvalue weighted by atomic mass is 10.1. The van der Waals surface area contributed by atoms with E-state index in [9.17, 15) is 14.4 Å². The van der Waals surface area contributed by atoms with Gasteiger partial charge in [0.05, 0.1) is 24.5 Å². The Balaban J connectivity index is 2.41. The lowest BCUT2D eigenvalue weighted by Crippen LogP contribution is -2.17. The molecule has 0 aliphatic heterocycles. The summed E-state index contributed by atoms with van der Waals surface area (Å²) in [5.41, 5.74) is 1.63. The molecule has 8 nitrogen and oxygen atoms in total. The summed E-state index contributed by atoms with van der Waals surface area (Å²) < 4.78 is 11.7. The van der Waals surface area contributed by atoms with Crippen LogP contribution >= 0.6 is 11.3 Å². The van der Waals surface area contributed by atoms with E-state index in [4.69, 9.17) is 9.47 Å². The molecule has 0 saturated carbocycles. The van der Waals surface area contributed by atoms with Gasteiger partial charge in [0.25, 0.3) is 5.91 Å². The number of carbonyl (C=O) groups excluding carboxylic acids is 3. The second kappa shape index (κ2) is 8.81. The molecule has 146 valence electrons. The lowest BCUT2D eigenvalue weighted by Gasteiger charge is -2.07. The van der Waals surface area contributed by atoms with E-state index < -0.39 is 17.8 Å². The highest BCUT2D eigenvalue weighted by Gasteiger charge is 2.28. The topological polar surface area (TPSA) is 99.5 Å². The van der Waals surface area contributed by atoms with Crippen LogP contribution in [-0.2, 0) is 16.5 Å². The number of nitrogens with zero attached hydrogens (tertiary/aromatic N) is 2. The van der Waals surface area contributed by atoms with Crippen molar-refractivity contribution in [2.75, 3.05) is 18.5 Å². The molecule has 0 atom stereocenters. The lowest BCUT2D eigenvalue weighted by molar-refractivity contribution is 0.0506. The van der Waals surface area contributed by atoms with Crippen LogP contribution in [0, 0.1) is 13.8 Å². The van der Waals surface area contributed by atoms with Crippen molar-refractivity contribution in [3.8, 4) is 0 Å². The molecule has 0 spiro atoms. The van der Waals surface area contributed by atoms with E-state index in [1.54, 1.807) is 33.9 Å². The fraction of sp³-hybridized carbons (Fsp3) is 0.444. The Labute approximate surface area is 161 Å². The predicted octanol–water partition coefficient (Wildman–Crippen LogP) is 3.09. The van der Waals surface area contributed by atoms with Crippen LogP contribution in [0.3, 0.4) is 0 Å². The fourth-order valence-corrected chi connectivity index (χ4v) is 3.58. The molecule has 9 heteroatoms. The second-order valence-electron chi connectivity index (χ2n) is 5.87. The molecule has 2 heterocycles. The standard InChI is InChI=1S/C18H23N3O5S/c1-6-8-26-17(23)13-11(4)14(18(24)25-7-2)27-16(13)19-15(22)12-9-10(3)20-21(12)5/h9H,6-8H2,1-5H3,(H,19,22). The molecule has 1 N–H and O–H groups in total. The summed E-state index contributed by atoms with van der Waals surface area (Å²) in [6.07, 6.45) is 0.662. The molecule has 0 saturated heterocycles. The largest absolute Gasteiger partial charge is 0.462 e. The number of esters is 2. The Morgan fingerprint density at radius 1 is 1.19 bits per heavy atom. The number of aryl methyl sites for hydroxylation is 2. The Bertz CT molecular complexity index is 869. The van der Waals surface area contributed by atoms with E-state index in [2.05, 4.69) is 10.4 Å². The van der Waals surface area contributed by atoms with E-state index in [0.717, 1.165) is 11.3 Å². The van der Waals surface area contributed by atoms with Crippen LogP contribution in [0.15, 0.2) is 6.07 Å². The number of hydrogen-bond donors (Lipinski definition) is 1. The van der Waals surface area contributed by atoms with Gasteiger partial charge in [-0.3, -0.25) is 9.48 Å². The van der Waals surface area contributed by atoms with Crippen molar-refractivity contribution in [1.29, 1.82) is 0 Å². The van der Waals surface area contributed by atoms with Gasteiger partial charge in [-0.25, -0.2) is 9.59 Å². The van der Waals surface area contributed by atoms with Crippen LogP contribution in [0.1, 0.15) is 62.0 Å². The highest BCUT2D eigenvalue weighted by molar-refractivity contribution is 7.18. The highest BCUT2D eigenvalue weighted by Crippen LogP contribution is 2.34. The minimum Gasteiger partial charge on any atom is -0.462 e. The molecule has 0 aromatic carbocycles. The van der Waals surface area contributed by atoms with E-state index in [-0.39, 0.29) is 28.7 Å². The van der Waals surface area contributed by atoms with Gasteiger partial charge in [0.2, 0.25) is 0 Å². The number of anilines is 1. The Morgan fingerprint density at radius 3 is 2.44 bits per heavy atom. The van der Waals surface area contributed by atoms with Gasteiger partial charge in [-0.05, 0) is 38.8 Å². The average Bonchev–Trinajstić information content (AvgIpc) is 3.11. The minimum atomic E-state index is -0.586. The number of hydrogen-bond acceptors (Lipinski definition) is 7. The molecule has 1 amide bonds. The maximum Gasteiger partial charge on any atom is 0.348 e. The SMILES string of the molecule is CCCOC(=O)c1c(NC(=O)c2cc(C)nn2C)sc(C(=O)OCC)c1C. The molecule has 2 aromatic heterocycles. The zero-order chi connectivity index (χ0) is 20.1. The van der Waals surface area contributed by atoms with Gasteiger partial charge >= 0.3 is 11.9 Å². The van der Waals surface area contributed by atoms with E-state index >= 15 is 0 Å². The van der Waals surface area contributed by atoms with Crippen LogP contribution in [0.5, 0.6) is 0 Å². The predicted molar refractivity (Wildman–Crippen MR) is 101 cm³/mol. The quantitative estimate of drug-likeness (QED) is 0.726. The number of carbonyl (C=O) groups is 3. The van der Waals surface area contributed by atoms with Gasteiger partial charge in [0, 0.05) is 7.05 Å². The van der Waals surface area contributed by atoms with Gasteiger partial charge in [0.15, 0.2) is 0 Å². The van der Waals surface area contributed by atoms with Crippen molar-refractivity contribution in [3.05, 3.63) is 33.5 Å². The van der Waals surface area contributed by atoms with Gasteiger partial charge in [-0.2, -0.15) is 5.10 Å². The average molecular weight is 393 g/mol. The summed E-state index contributed by atoms with van der Waals surface area (Å²) in [6.45, 7) is 7.45. The molecule has 0 aliphatic carbocycles. The third kappa shape index (κ3) is 4.54. The molecule has 0 aliphatic rings. The molecule has 0 unspecified atom stereocenters. The molecular formula is C18H23N3O5S. The highest BCUT2D eigenvalue weighted by atomic mass is 32.1. The number of nitrogens with one attached hydrogen (secondary N) is 1. The minimum absolute atomic E-state index is 0.170. The van der Waals surface area contributed by atoms with Crippen LogP contribution in [0.2, 0.25) is 0 Å². The number of aromatic nitrogens is 2. The van der Waals surface area contributed by atoms with Crippen molar-refractivity contribution in [1.82, 2.24) is 9.78 Å². The van der Waals surface area contributed by atoms with Crippen LogP contribution < -0.4 is 5.32 Å². The smallest absolute Gasteiger partial charge is 0.348 e. The zero-order valence-corrected chi connectivity index (χ0v) is 16.9. The van der Waals surface area contributed by atoms with Crippen molar-refractivity contribution in [2.24, 2.45) is 7.05 Å². The molecular weight excluding hydrogens is 370 g/mol. The number of ether oxygens (including phenoxy) is 2. The third-order valence-electron chi connectivity index (χ3n) is 3.71. The van der Waals surface area contributed by atoms with Crippen molar-refractivity contribution in [3.63, 3.8) is 0 Å². The van der Waals surface area contributed by atoms with Gasteiger partial charge in [-0.1, -0.05) is 6.92 Å². The zero-order valence-electron chi connectivity index (χ0n) is 16.0. The summed E-state index contributed by atoms with van der Waals surface area (Å²) in [7, 11) is 1.65. The number of rotatable bonds is 7. The first-order valence-electron chi connectivity index (χ1n) is 8.59. The van der Waals surface area contributed by atoms with E-state index in [0.29, 0.717) is 23.4 Å². The molecule has 2 rings (SSSR count). The van der Waals surface area contributed by atoms with Gasteiger partial charge < -0.3 is 14.8 Å². The molecule has 0 fully saturated rings. The van der Waals surface area contributed by atoms with Crippen LogP contribution in [0.4, 0.5) is 5.00 Å². The third-order valence-corrected chi connectivity index (χ3v) is 4.90. The second-order valence-corrected chi connectivity index (χ2v) is 6.89. The Morgan fingerprint density at radius 2 is 1.89 bits per heavy atom. The molecule has 27 heavy (non-hydrogen) atoms. The maximum atomic E-state index is 12.6. The van der Waals surface area contributed by atoms with E-state index in [1.165, 1.54) is 4.68 Å². The van der Waals surface area contributed by atoms with Crippen LogP contribution in [-0.4, -0.2) is 40.8 Å². The number of thiophene rings is 1. The maximum absolute atomic E-state index is 12.6. The summed E-state index contributed by atoms with van der Waals surface area (Å²) >= 11 is 0.995. The Kier molecular flexibility index (Phi) is 6.73. The molecule has 0 radical (unpaired) electrons. The van der Waals surface area contributed by atoms with Gasteiger partial charge in [0.1, 0.15) is 15.6 Å². The van der Waals surface area contributed by atoms with E-state index in [1.807, 2.05) is 6.92 Å². The van der Waals surface area contributed by atoms with Gasteiger partial charge in [-0.15, -0.1) is 11.3 Å². The van der Waals surface area contributed by atoms with Crippen molar-refractivity contribution >= 4 is 34.2 Å². The summed E-state index contributed by atoms with van der Waals surface area (Å²) in [4.78, 5) is 37.6. The van der Waals surface area contributed by atoms with Crippen molar-refractivity contribution < 1.29 is 23.9 Å². The molecule has 2 aromatic rings. The Hall–Kier alpha value is -2.68. The van der Waals surface area contributed by atoms with Crippen molar-refractivity contribution in [2.45, 2.75) is 34.1 Å². The normalized spacial score (nSPS) is 10.6. The molecule has 0 bridgehead atoms. The van der Waals surface area contributed by atoms with Crippen LogP contribution in [0.25, 0.3) is 0 Å².